The van der Waals surface area contributed by atoms with E-state index in [4.69, 9.17) is 15.9 Å². The Labute approximate surface area is 116 Å². The van der Waals surface area contributed by atoms with E-state index in [2.05, 4.69) is 0 Å². The van der Waals surface area contributed by atoms with Crippen LogP contribution in [0.15, 0.2) is 27.4 Å². The second kappa shape index (κ2) is 5.92. The molecule has 0 bridgehead atoms. The lowest BCUT2D eigenvalue weighted by atomic mass is 10.0. The van der Waals surface area contributed by atoms with Crippen LogP contribution in [0.1, 0.15) is 37.3 Å². The summed E-state index contributed by atoms with van der Waals surface area (Å²) in [5, 5.41) is 0. The molecule has 0 saturated carbocycles. The number of hydrogen-bond acceptors (Lipinski definition) is 4. The average Bonchev–Trinajstić information content (AvgIpc) is 2.69. The minimum Gasteiger partial charge on any atom is -0.408 e. The van der Waals surface area contributed by atoms with E-state index in [1.165, 1.54) is 4.57 Å². The van der Waals surface area contributed by atoms with Gasteiger partial charge in [0.15, 0.2) is 5.58 Å². The highest BCUT2D eigenvalue weighted by atomic mass is 16.4. The van der Waals surface area contributed by atoms with Crippen molar-refractivity contribution in [3.8, 4) is 0 Å². The van der Waals surface area contributed by atoms with E-state index >= 15 is 0 Å². The molecular formula is C14H19N3O3. The van der Waals surface area contributed by atoms with Crippen LogP contribution in [0.3, 0.4) is 0 Å². The quantitative estimate of drug-likeness (QED) is 0.773. The van der Waals surface area contributed by atoms with Gasteiger partial charge in [-0.05, 0) is 30.5 Å². The summed E-state index contributed by atoms with van der Waals surface area (Å²) >= 11 is 0. The van der Waals surface area contributed by atoms with E-state index in [0.29, 0.717) is 12.0 Å². The number of oxazole rings is 1. The fourth-order valence-corrected chi connectivity index (χ4v) is 2.21. The van der Waals surface area contributed by atoms with Crippen LogP contribution in [0.25, 0.3) is 11.1 Å². The SMILES string of the molecule is Cn1c(=O)oc2cc(C(N)CCCCC(N)=O)ccc21. The van der Waals surface area contributed by atoms with E-state index in [1.807, 2.05) is 12.1 Å². The molecule has 1 aromatic carbocycles. The van der Waals surface area contributed by atoms with Gasteiger partial charge in [-0.1, -0.05) is 12.5 Å². The largest absolute Gasteiger partial charge is 0.419 e. The van der Waals surface area contributed by atoms with Crippen molar-refractivity contribution in [2.75, 3.05) is 0 Å². The fraction of sp³-hybridized carbons (Fsp3) is 0.429. The van der Waals surface area contributed by atoms with Crippen molar-refractivity contribution in [1.29, 1.82) is 0 Å². The molecule has 1 amide bonds. The number of benzene rings is 1. The van der Waals surface area contributed by atoms with Crippen molar-refractivity contribution in [2.45, 2.75) is 31.7 Å². The number of aryl methyl sites for hydroxylation is 1. The average molecular weight is 277 g/mol. The number of amides is 1. The summed E-state index contributed by atoms with van der Waals surface area (Å²) < 4.78 is 6.59. The second-order valence-electron chi connectivity index (χ2n) is 4.97. The van der Waals surface area contributed by atoms with Crippen LogP contribution in [-0.2, 0) is 11.8 Å². The van der Waals surface area contributed by atoms with Gasteiger partial charge < -0.3 is 15.9 Å². The van der Waals surface area contributed by atoms with Crippen LogP contribution in [0, 0.1) is 0 Å². The Hall–Kier alpha value is -2.08. The Morgan fingerprint density at radius 1 is 1.40 bits per heavy atom. The van der Waals surface area contributed by atoms with Gasteiger partial charge in [-0.25, -0.2) is 4.79 Å². The molecule has 20 heavy (non-hydrogen) atoms. The number of hydrogen-bond donors (Lipinski definition) is 2. The minimum atomic E-state index is -0.382. The molecular weight excluding hydrogens is 258 g/mol. The van der Waals surface area contributed by atoms with Gasteiger partial charge in [0.1, 0.15) is 0 Å². The predicted molar refractivity (Wildman–Crippen MR) is 76.0 cm³/mol. The monoisotopic (exact) mass is 277 g/mol. The number of carbonyl (C=O) groups excluding carboxylic acids is 1. The van der Waals surface area contributed by atoms with Crippen molar-refractivity contribution in [1.82, 2.24) is 4.57 Å². The third-order valence-corrected chi connectivity index (χ3v) is 3.43. The van der Waals surface area contributed by atoms with Crippen molar-refractivity contribution in [2.24, 2.45) is 18.5 Å². The summed E-state index contributed by atoms with van der Waals surface area (Å²) in [6.07, 6.45) is 2.72. The van der Waals surface area contributed by atoms with E-state index in [-0.39, 0.29) is 17.7 Å². The van der Waals surface area contributed by atoms with Gasteiger partial charge in [0.05, 0.1) is 5.52 Å². The lowest BCUT2D eigenvalue weighted by Crippen LogP contribution is -2.12. The summed E-state index contributed by atoms with van der Waals surface area (Å²) in [5.74, 6) is -0.668. The Bertz CT molecular complexity index is 672. The number of primary amides is 1. The van der Waals surface area contributed by atoms with Crippen LogP contribution in [0.4, 0.5) is 0 Å². The molecule has 6 nitrogen and oxygen atoms in total. The minimum absolute atomic E-state index is 0.141. The molecule has 2 rings (SSSR count). The van der Waals surface area contributed by atoms with Gasteiger partial charge in [0.2, 0.25) is 5.91 Å². The first kappa shape index (κ1) is 14.3. The summed E-state index contributed by atoms with van der Waals surface area (Å²) in [6, 6.07) is 5.39. The zero-order valence-corrected chi connectivity index (χ0v) is 11.5. The summed E-state index contributed by atoms with van der Waals surface area (Å²) in [6.45, 7) is 0. The third kappa shape index (κ3) is 3.08. The molecule has 1 heterocycles. The van der Waals surface area contributed by atoms with Gasteiger partial charge in [0, 0.05) is 19.5 Å². The molecule has 2 aromatic rings. The highest BCUT2D eigenvalue weighted by Crippen LogP contribution is 2.21. The van der Waals surface area contributed by atoms with Crippen LogP contribution in [0.5, 0.6) is 0 Å². The molecule has 4 N–H and O–H groups in total. The molecule has 0 saturated heterocycles. The molecule has 0 aliphatic rings. The van der Waals surface area contributed by atoms with E-state index in [0.717, 1.165) is 30.3 Å². The van der Waals surface area contributed by atoms with E-state index in [1.54, 1.807) is 13.1 Å². The fourth-order valence-electron chi connectivity index (χ4n) is 2.21. The molecule has 108 valence electrons. The lowest BCUT2D eigenvalue weighted by Gasteiger charge is -2.11. The smallest absolute Gasteiger partial charge is 0.408 e. The van der Waals surface area contributed by atoms with Gasteiger partial charge >= 0.3 is 5.76 Å². The number of carbonyl (C=O) groups is 1. The summed E-state index contributed by atoms with van der Waals surface area (Å²) in [5.41, 5.74) is 13.4. The third-order valence-electron chi connectivity index (χ3n) is 3.43. The summed E-state index contributed by atoms with van der Waals surface area (Å²) in [7, 11) is 1.66. The maximum Gasteiger partial charge on any atom is 0.419 e. The number of aromatic nitrogens is 1. The Balaban J connectivity index is 2.05. The molecule has 1 aromatic heterocycles. The van der Waals surface area contributed by atoms with Crippen LogP contribution in [-0.4, -0.2) is 10.5 Å². The number of nitrogens with zero attached hydrogens (tertiary/aromatic N) is 1. The highest BCUT2D eigenvalue weighted by molar-refractivity contribution is 5.74. The maximum absolute atomic E-state index is 11.4. The number of fused-ring (bicyclic) bond motifs is 1. The Morgan fingerprint density at radius 2 is 2.15 bits per heavy atom. The molecule has 1 unspecified atom stereocenters. The van der Waals surface area contributed by atoms with Crippen LogP contribution < -0.4 is 17.2 Å². The molecule has 0 spiro atoms. The first-order valence-electron chi connectivity index (χ1n) is 6.62. The van der Waals surface area contributed by atoms with Crippen molar-refractivity contribution >= 4 is 17.0 Å². The topological polar surface area (TPSA) is 104 Å². The Kier molecular flexibility index (Phi) is 4.24. The van der Waals surface area contributed by atoms with Gasteiger partial charge in [-0.3, -0.25) is 9.36 Å². The molecule has 0 fully saturated rings. The molecule has 0 aliphatic carbocycles. The lowest BCUT2D eigenvalue weighted by molar-refractivity contribution is -0.118. The second-order valence-corrected chi connectivity index (χ2v) is 4.97. The summed E-state index contributed by atoms with van der Waals surface area (Å²) in [4.78, 5) is 22.1. The first-order chi connectivity index (χ1) is 9.49. The van der Waals surface area contributed by atoms with Crippen molar-refractivity contribution < 1.29 is 9.21 Å². The normalized spacial score (nSPS) is 12.7. The first-order valence-corrected chi connectivity index (χ1v) is 6.62. The number of nitrogens with two attached hydrogens (primary N) is 2. The maximum atomic E-state index is 11.4. The van der Waals surface area contributed by atoms with Crippen LogP contribution in [0.2, 0.25) is 0 Å². The molecule has 6 heteroatoms. The number of unbranched alkanes of at least 4 members (excludes halogenated alkanes) is 1. The molecule has 0 radical (unpaired) electrons. The van der Waals surface area contributed by atoms with Crippen LogP contribution >= 0.6 is 0 Å². The standard InChI is InChI=1S/C14H19N3O3/c1-17-11-7-6-9(8-12(11)20-14(17)19)10(15)4-2-3-5-13(16)18/h6-8,10H,2-5,15H2,1H3,(H2,16,18). The van der Waals surface area contributed by atoms with Gasteiger partial charge in [-0.15, -0.1) is 0 Å². The van der Waals surface area contributed by atoms with E-state index in [9.17, 15) is 9.59 Å². The highest BCUT2D eigenvalue weighted by Gasteiger charge is 2.11. The molecule has 1 atom stereocenters. The zero-order chi connectivity index (χ0) is 14.7. The van der Waals surface area contributed by atoms with Crippen molar-refractivity contribution in [3.63, 3.8) is 0 Å². The predicted octanol–water partition coefficient (Wildman–Crippen LogP) is 1.18. The van der Waals surface area contributed by atoms with E-state index < -0.39 is 0 Å². The van der Waals surface area contributed by atoms with Crippen molar-refractivity contribution in [3.05, 3.63) is 34.3 Å². The molecule has 0 aliphatic heterocycles. The number of rotatable bonds is 6. The van der Waals surface area contributed by atoms with Gasteiger partial charge in [0.25, 0.3) is 0 Å². The zero-order valence-electron chi connectivity index (χ0n) is 11.5. The Morgan fingerprint density at radius 3 is 2.85 bits per heavy atom. The van der Waals surface area contributed by atoms with Gasteiger partial charge in [-0.2, -0.15) is 0 Å².